The molecule has 4 rings (SSSR count). The van der Waals surface area contributed by atoms with Gasteiger partial charge in [-0.3, -0.25) is 9.59 Å². The Morgan fingerprint density at radius 3 is 2.11 bits per heavy atom. The quantitative estimate of drug-likeness (QED) is 0.120. The first-order valence-corrected chi connectivity index (χ1v) is 15.1. The van der Waals surface area contributed by atoms with Crippen molar-refractivity contribution in [3.05, 3.63) is 108 Å². The summed E-state index contributed by atoms with van der Waals surface area (Å²) in [5.41, 5.74) is 4.92. The number of nitrogens with one attached hydrogen (secondary N) is 1. The maximum absolute atomic E-state index is 14.2. The Morgan fingerprint density at radius 1 is 0.911 bits per heavy atom. The number of esters is 1. The van der Waals surface area contributed by atoms with Gasteiger partial charge in [0, 0.05) is 35.5 Å². The van der Waals surface area contributed by atoms with Crippen molar-refractivity contribution in [2.24, 2.45) is 0 Å². The number of aliphatic hydroxyl groups excluding tert-OH is 1. The number of aliphatic hydroxyl groups is 1. The molecule has 4 aromatic rings. The molecular formula is C37H39FN2O5. The molecule has 7 nitrogen and oxygen atoms in total. The van der Waals surface area contributed by atoms with E-state index in [1.54, 1.807) is 31.9 Å². The second-order valence-electron chi connectivity index (χ2n) is 11.6. The van der Waals surface area contributed by atoms with Gasteiger partial charge in [-0.25, -0.2) is 9.18 Å². The van der Waals surface area contributed by atoms with Crippen LogP contribution in [0.15, 0.2) is 90.5 Å². The Balaban J connectivity index is 1.82. The summed E-state index contributed by atoms with van der Waals surface area (Å²) in [7, 11) is 0. The van der Waals surface area contributed by atoms with E-state index in [1.165, 1.54) is 12.1 Å². The van der Waals surface area contributed by atoms with Gasteiger partial charge in [0.25, 0.3) is 5.91 Å². The van der Waals surface area contributed by atoms with Gasteiger partial charge in [0.05, 0.1) is 29.9 Å². The average Bonchev–Trinajstić information content (AvgIpc) is 3.36. The number of amides is 1. The van der Waals surface area contributed by atoms with E-state index in [4.69, 9.17) is 4.74 Å². The van der Waals surface area contributed by atoms with Gasteiger partial charge in [0.1, 0.15) is 11.8 Å². The van der Waals surface area contributed by atoms with Gasteiger partial charge in [-0.2, -0.15) is 0 Å². The predicted octanol–water partition coefficient (Wildman–Crippen LogP) is 7.58. The molecule has 0 radical (unpaired) electrons. The van der Waals surface area contributed by atoms with Crippen LogP contribution in [0.3, 0.4) is 0 Å². The topological polar surface area (TPSA) is 97.6 Å². The molecule has 0 bridgehead atoms. The lowest BCUT2D eigenvalue weighted by atomic mass is 9.94. The van der Waals surface area contributed by atoms with Gasteiger partial charge in [-0.15, -0.1) is 0 Å². The third kappa shape index (κ3) is 8.44. The van der Waals surface area contributed by atoms with Crippen molar-refractivity contribution < 1.29 is 28.6 Å². The van der Waals surface area contributed by atoms with Crippen LogP contribution in [0.5, 0.6) is 0 Å². The van der Waals surface area contributed by atoms with Gasteiger partial charge < -0.3 is 19.7 Å². The van der Waals surface area contributed by atoms with Crippen molar-refractivity contribution in [3.63, 3.8) is 0 Å². The van der Waals surface area contributed by atoms with E-state index in [9.17, 15) is 23.9 Å². The van der Waals surface area contributed by atoms with Crippen molar-refractivity contribution >= 4 is 23.5 Å². The first kappa shape index (κ1) is 33.1. The van der Waals surface area contributed by atoms with Crippen LogP contribution in [0.25, 0.3) is 22.4 Å². The highest BCUT2D eigenvalue weighted by Crippen LogP contribution is 2.42. The van der Waals surface area contributed by atoms with Crippen LogP contribution in [0, 0.1) is 5.82 Å². The molecule has 0 aliphatic rings. The Hall–Kier alpha value is -4.78. The number of carbonyl (C=O) groups is 2. The Labute approximate surface area is 263 Å². The van der Waals surface area contributed by atoms with Crippen molar-refractivity contribution in [3.8, 4) is 22.4 Å². The normalized spacial score (nSPS) is 11.7. The molecule has 0 aliphatic heterocycles. The first-order chi connectivity index (χ1) is 21.6. The third-order valence-electron chi connectivity index (χ3n) is 7.33. The van der Waals surface area contributed by atoms with Crippen molar-refractivity contribution in [2.45, 2.75) is 71.6 Å². The number of benzene rings is 3. The fraction of sp³-hybridized carbons (Fsp3) is 0.297. The van der Waals surface area contributed by atoms with E-state index < -0.39 is 12.1 Å². The maximum atomic E-state index is 14.2. The van der Waals surface area contributed by atoms with Crippen LogP contribution in [-0.4, -0.2) is 39.7 Å². The summed E-state index contributed by atoms with van der Waals surface area (Å²) in [6, 6.07) is 24.9. The van der Waals surface area contributed by atoms with E-state index >= 15 is 0 Å². The van der Waals surface area contributed by atoms with Gasteiger partial charge in [0.2, 0.25) is 0 Å². The summed E-state index contributed by atoms with van der Waals surface area (Å²) in [6.07, 6.45) is -1.38. The molecule has 1 heterocycles. The van der Waals surface area contributed by atoms with E-state index in [1.807, 2.05) is 79.1 Å². The van der Waals surface area contributed by atoms with E-state index in [0.29, 0.717) is 28.1 Å². The highest BCUT2D eigenvalue weighted by atomic mass is 19.1. The Bertz CT molecular complexity index is 1650. The van der Waals surface area contributed by atoms with Crippen LogP contribution in [-0.2, 0) is 20.9 Å². The Kier molecular flexibility index (Phi) is 11.3. The largest absolute Gasteiger partial charge is 0.463 e. The number of nitrogens with zero attached hydrogens (tertiary/aromatic N) is 1. The molecule has 3 aromatic carbocycles. The molecule has 1 atom stereocenters. The standard InChI is InChI=1S/C37H39FN2O5/c1-24(2)35-34(37(44)39-30-13-9-6-10-14-30)33(27-11-7-5-8-12-27)36(28-15-17-29(38)18-16-28)40(35)20-19-31(42)21-26(23-41)22-32(43)45-25(3)4/h5-18,24-25,31,42H,19-22H2,1-4H3,(H,39,44)/t31-/m0/s1. The smallest absolute Gasteiger partial charge is 0.310 e. The van der Waals surface area contributed by atoms with Gasteiger partial charge in [-0.05, 0) is 73.7 Å². The Morgan fingerprint density at radius 2 is 1.53 bits per heavy atom. The summed E-state index contributed by atoms with van der Waals surface area (Å²) in [6.45, 7) is 7.72. The number of rotatable bonds is 13. The number of aromatic nitrogens is 1. The van der Waals surface area contributed by atoms with Crippen LogP contribution >= 0.6 is 0 Å². The van der Waals surface area contributed by atoms with Gasteiger partial charge in [0.15, 0.2) is 0 Å². The molecule has 0 fully saturated rings. The van der Waals surface area contributed by atoms with Crippen molar-refractivity contribution in [2.75, 3.05) is 5.32 Å². The molecule has 2 N–H and O–H groups in total. The number of ether oxygens (including phenoxy) is 1. The molecule has 0 saturated heterocycles. The zero-order valence-electron chi connectivity index (χ0n) is 26.0. The maximum Gasteiger partial charge on any atom is 0.310 e. The highest BCUT2D eigenvalue weighted by Gasteiger charge is 2.31. The summed E-state index contributed by atoms with van der Waals surface area (Å²) in [4.78, 5) is 37.9. The molecule has 0 unspecified atom stereocenters. The summed E-state index contributed by atoms with van der Waals surface area (Å²) in [5.74, 6) is 0.444. The SMILES string of the molecule is CC(C)OC(=O)CC(=C=O)C[C@@H](O)CCn1c(-c2ccc(F)cc2)c(-c2ccccc2)c(C(=O)Nc2ccccc2)c1C(C)C. The lowest BCUT2D eigenvalue weighted by Crippen LogP contribution is -2.19. The third-order valence-corrected chi connectivity index (χ3v) is 7.33. The number of hydrogen-bond acceptors (Lipinski definition) is 5. The van der Waals surface area contributed by atoms with Gasteiger partial charge >= 0.3 is 5.97 Å². The number of hydrogen-bond donors (Lipinski definition) is 2. The number of carbonyl (C=O) groups excluding carboxylic acids is 3. The predicted molar refractivity (Wildman–Crippen MR) is 174 cm³/mol. The first-order valence-electron chi connectivity index (χ1n) is 15.1. The highest BCUT2D eigenvalue weighted by molar-refractivity contribution is 6.12. The molecule has 1 aromatic heterocycles. The molecule has 1 amide bonds. The fourth-order valence-corrected chi connectivity index (χ4v) is 5.50. The van der Waals surface area contributed by atoms with Crippen LogP contribution in [0.2, 0.25) is 0 Å². The lowest BCUT2D eigenvalue weighted by molar-refractivity contribution is -0.146. The summed E-state index contributed by atoms with van der Waals surface area (Å²) < 4.78 is 21.3. The monoisotopic (exact) mass is 610 g/mol. The summed E-state index contributed by atoms with van der Waals surface area (Å²) >= 11 is 0. The van der Waals surface area contributed by atoms with E-state index in [-0.39, 0.29) is 55.1 Å². The lowest BCUT2D eigenvalue weighted by Gasteiger charge is -2.19. The molecule has 45 heavy (non-hydrogen) atoms. The summed E-state index contributed by atoms with van der Waals surface area (Å²) in [5, 5.41) is 14.1. The van der Waals surface area contributed by atoms with Crippen LogP contribution < -0.4 is 5.32 Å². The fourth-order valence-electron chi connectivity index (χ4n) is 5.50. The second-order valence-corrected chi connectivity index (χ2v) is 11.6. The minimum absolute atomic E-state index is 0.0479. The van der Waals surface area contributed by atoms with Crippen molar-refractivity contribution in [1.82, 2.24) is 4.57 Å². The number of para-hydroxylation sites is 1. The number of halogens is 1. The minimum Gasteiger partial charge on any atom is -0.463 e. The van der Waals surface area contributed by atoms with E-state index in [2.05, 4.69) is 5.32 Å². The molecule has 0 aliphatic carbocycles. The zero-order chi connectivity index (χ0) is 32.5. The van der Waals surface area contributed by atoms with E-state index in [0.717, 1.165) is 11.3 Å². The molecule has 0 saturated carbocycles. The van der Waals surface area contributed by atoms with Gasteiger partial charge in [-0.1, -0.05) is 62.4 Å². The average molecular weight is 611 g/mol. The van der Waals surface area contributed by atoms with Crippen molar-refractivity contribution in [1.29, 1.82) is 0 Å². The zero-order valence-corrected chi connectivity index (χ0v) is 26.0. The van der Waals surface area contributed by atoms with Crippen LogP contribution in [0.1, 0.15) is 68.9 Å². The van der Waals surface area contributed by atoms with Crippen LogP contribution in [0.4, 0.5) is 10.1 Å². The molecule has 8 heteroatoms. The molecule has 234 valence electrons. The minimum atomic E-state index is -0.974. The number of anilines is 1. The second kappa shape index (κ2) is 15.3. The molecular weight excluding hydrogens is 571 g/mol. The molecule has 0 spiro atoms.